The lowest BCUT2D eigenvalue weighted by molar-refractivity contribution is 0.236. The molecule has 2 heterocycles. The maximum absolute atomic E-state index is 9.59. The molecule has 0 radical (unpaired) electrons. The Morgan fingerprint density at radius 2 is 2.00 bits per heavy atom. The molecule has 1 aliphatic heterocycles. The maximum Gasteiger partial charge on any atom is 0.131 e. The highest BCUT2D eigenvalue weighted by atomic mass is 16.3. The average molecular weight is 277 g/mol. The summed E-state index contributed by atoms with van der Waals surface area (Å²) in [5.41, 5.74) is 2.24. The normalized spacial score (nSPS) is 18.6. The van der Waals surface area contributed by atoms with Crippen molar-refractivity contribution in [3.05, 3.63) is 17.7 Å². The number of hydrogen-bond acceptors (Lipinski definition) is 4. The molecule has 20 heavy (non-hydrogen) atoms. The van der Waals surface area contributed by atoms with Crippen LogP contribution in [0, 0.1) is 5.41 Å². The van der Waals surface area contributed by atoms with Gasteiger partial charge in [-0.1, -0.05) is 34.1 Å². The summed E-state index contributed by atoms with van der Waals surface area (Å²) in [5, 5.41) is 9.59. The number of anilines is 1. The van der Waals surface area contributed by atoms with Crippen LogP contribution in [0.15, 0.2) is 6.20 Å². The Labute approximate surface area is 122 Å². The van der Waals surface area contributed by atoms with E-state index in [1.165, 1.54) is 19.3 Å². The smallest absolute Gasteiger partial charge is 0.131 e. The molecule has 0 saturated carbocycles. The van der Waals surface area contributed by atoms with Crippen molar-refractivity contribution in [2.75, 3.05) is 18.0 Å². The van der Waals surface area contributed by atoms with Gasteiger partial charge in [-0.2, -0.15) is 0 Å². The summed E-state index contributed by atoms with van der Waals surface area (Å²) in [6, 6.07) is 0. The van der Waals surface area contributed by atoms with Gasteiger partial charge in [0.15, 0.2) is 0 Å². The van der Waals surface area contributed by atoms with Crippen molar-refractivity contribution in [1.82, 2.24) is 9.97 Å². The van der Waals surface area contributed by atoms with Crippen LogP contribution in [0.4, 0.5) is 5.69 Å². The molecule has 1 fully saturated rings. The number of aromatic nitrogens is 2. The molecule has 1 aromatic rings. The fraction of sp³-hybridized carbons (Fsp3) is 0.750. The largest absolute Gasteiger partial charge is 0.390 e. The zero-order valence-electron chi connectivity index (χ0n) is 13.2. The first-order chi connectivity index (χ1) is 9.49. The van der Waals surface area contributed by atoms with Gasteiger partial charge in [0.05, 0.1) is 24.2 Å². The van der Waals surface area contributed by atoms with Gasteiger partial charge in [0.25, 0.3) is 0 Å². The molecule has 0 spiro atoms. The second-order valence-corrected chi connectivity index (χ2v) is 6.52. The number of hydrogen-bond donors (Lipinski definition) is 1. The van der Waals surface area contributed by atoms with Crippen molar-refractivity contribution in [2.24, 2.45) is 5.41 Å². The lowest BCUT2D eigenvalue weighted by Crippen LogP contribution is -2.39. The zero-order chi connectivity index (χ0) is 14.8. The third-order valence-corrected chi connectivity index (χ3v) is 4.70. The molecule has 1 saturated heterocycles. The van der Waals surface area contributed by atoms with E-state index in [-0.39, 0.29) is 6.61 Å². The fourth-order valence-electron chi connectivity index (χ4n) is 2.73. The van der Waals surface area contributed by atoms with Crippen molar-refractivity contribution in [3.63, 3.8) is 0 Å². The van der Waals surface area contributed by atoms with Gasteiger partial charge in [-0.3, -0.25) is 0 Å². The van der Waals surface area contributed by atoms with Gasteiger partial charge in [-0.15, -0.1) is 0 Å². The van der Waals surface area contributed by atoms with Gasteiger partial charge < -0.3 is 10.0 Å². The number of rotatable bonds is 4. The van der Waals surface area contributed by atoms with Crippen LogP contribution in [0.1, 0.15) is 64.4 Å². The molecule has 0 aromatic carbocycles. The molecule has 1 aliphatic rings. The van der Waals surface area contributed by atoms with Gasteiger partial charge >= 0.3 is 0 Å². The summed E-state index contributed by atoms with van der Waals surface area (Å²) in [7, 11) is 0. The van der Waals surface area contributed by atoms with Crippen molar-refractivity contribution in [1.29, 1.82) is 0 Å². The van der Waals surface area contributed by atoms with E-state index in [9.17, 15) is 5.11 Å². The highest BCUT2D eigenvalue weighted by Crippen LogP contribution is 2.36. The van der Waals surface area contributed by atoms with E-state index in [1.807, 2.05) is 6.20 Å². The molecule has 0 amide bonds. The van der Waals surface area contributed by atoms with Crippen LogP contribution >= 0.6 is 0 Å². The first kappa shape index (κ1) is 15.2. The molecular formula is C16H27N3O. The average Bonchev–Trinajstić information content (AvgIpc) is 2.47. The molecule has 1 N–H and O–H groups in total. The number of nitrogens with zero attached hydrogens (tertiary/aromatic N) is 3. The molecule has 1 aromatic heterocycles. The van der Waals surface area contributed by atoms with Gasteiger partial charge in [0.2, 0.25) is 0 Å². The van der Waals surface area contributed by atoms with Crippen LogP contribution in [-0.4, -0.2) is 28.2 Å². The van der Waals surface area contributed by atoms with E-state index in [0.717, 1.165) is 30.3 Å². The molecule has 0 atom stereocenters. The van der Waals surface area contributed by atoms with E-state index >= 15 is 0 Å². The van der Waals surface area contributed by atoms with Crippen LogP contribution in [0.2, 0.25) is 0 Å². The van der Waals surface area contributed by atoms with E-state index < -0.39 is 0 Å². The highest BCUT2D eigenvalue weighted by Gasteiger charge is 2.29. The summed E-state index contributed by atoms with van der Waals surface area (Å²) >= 11 is 0. The van der Waals surface area contributed by atoms with Crippen molar-refractivity contribution in [3.8, 4) is 0 Å². The third-order valence-electron chi connectivity index (χ3n) is 4.70. The summed E-state index contributed by atoms with van der Waals surface area (Å²) in [6.45, 7) is 10.8. The first-order valence-corrected chi connectivity index (χ1v) is 7.70. The predicted octanol–water partition coefficient (Wildman–Crippen LogP) is 3.11. The van der Waals surface area contributed by atoms with E-state index in [0.29, 0.717) is 11.3 Å². The molecule has 112 valence electrons. The second-order valence-electron chi connectivity index (χ2n) is 6.52. The van der Waals surface area contributed by atoms with E-state index in [1.54, 1.807) is 0 Å². The Morgan fingerprint density at radius 1 is 1.35 bits per heavy atom. The fourth-order valence-corrected chi connectivity index (χ4v) is 2.73. The Bertz CT molecular complexity index is 451. The monoisotopic (exact) mass is 277 g/mol. The van der Waals surface area contributed by atoms with Gasteiger partial charge in [0.1, 0.15) is 5.82 Å². The van der Waals surface area contributed by atoms with Crippen molar-refractivity contribution in [2.45, 2.75) is 59.5 Å². The minimum atomic E-state index is -0.0148. The second kappa shape index (κ2) is 6.08. The Morgan fingerprint density at radius 3 is 2.50 bits per heavy atom. The first-order valence-electron chi connectivity index (χ1n) is 7.70. The molecule has 0 aliphatic carbocycles. The summed E-state index contributed by atoms with van der Waals surface area (Å²) in [5.74, 6) is 1.10. The molecule has 4 heteroatoms. The van der Waals surface area contributed by atoms with Crippen LogP contribution in [0.5, 0.6) is 0 Å². The molecule has 2 rings (SSSR count). The van der Waals surface area contributed by atoms with Crippen molar-refractivity contribution >= 4 is 5.69 Å². The van der Waals surface area contributed by atoms with Gasteiger partial charge in [-0.05, 0) is 18.3 Å². The molecule has 0 bridgehead atoms. The van der Waals surface area contributed by atoms with Crippen LogP contribution < -0.4 is 4.90 Å². The highest BCUT2D eigenvalue weighted by molar-refractivity contribution is 5.49. The minimum absolute atomic E-state index is 0.0148. The quantitative estimate of drug-likeness (QED) is 0.918. The standard InChI is InChI=1S/C16H27N3O/c1-5-16(4)6-8-19(9-7-16)14-10-17-15(12(2)3)18-13(14)11-20/h10,12,20H,5-9,11H2,1-4H3. The summed E-state index contributed by atoms with van der Waals surface area (Å²) < 4.78 is 0. The van der Waals surface area contributed by atoms with Crippen LogP contribution in [0.3, 0.4) is 0 Å². The Kier molecular flexibility index (Phi) is 4.63. The summed E-state index contributed by atoms with van der Waals surface area (Å²) in [4.78, 5) is 11.3. The Balaban J connectivity index is 2.17. The third kappa shape index (κ3) is 3.11. The lowest BCUT2D eigenvalue weighted by atomic mass is 9.78. The van der Waals surface area contributed by atoms with Crippen LogP contribution in [0.25, 0.3) is 0 Å². The predicted molar refractivity (Wildman–Crippen MR) is 81.9 cm³/mol. The molecule has 4 nitrogen and oxygen atoms in total. The Hall–Kier alpha value is -1.16. The zero-order valence-corrected chi connectivity index (χ0v) is 13.2. The van der Waals surface area contributed by atoms with E-state index in [2.05, 4.69) is 42.6 Å². The lowest BCUT2D eigenvalue weighted by Gasteiger charge is -2.40. The van der Waals surface area contributed by atoms with E-state index in [4.69, 9.17) is 0 Å². The number of aliphatic hydroxyl groups is 1. The minimum Gasteiger partial charge on any atom is -0.390 e. The van der Waals surface area contributed by atoms with Crippen molar-refractivity contribution < 1.29 is 5.11 Å². The summed E-state index contributed by atoms with van der Waals surface area (Å²) in [6.07, 6.45) is 5.51. The molecule has 0 unspecified atom stereocenters. The van der Waals surface area contributed by atoms with Gasteiger partial charge in [0, 0.05) is 19.0 Å². The molecular weight excluding hydrogens is 250 g/mol. The van der Waals surface area contributed by atoms with Gasteiger partial charge in [-0.25, -0.2) is 9.97 Å². The number of aliphatic hydroxyl groups excluding tert-OH is 1. The SMILES string of the molecule is CCC1(C)CCN(c2cnc(C(C)C)nc2CO)CC1. The van der Waals surface area contributed by atoms with Crippen LogP contribution in [-0.2, 0) is 6.61 Å². The maximum atomic E-state index is 9.59. The number of piperidine rings is 1. The topological polar surface area (TPSA) is 49.2 Å².